The molecule has 4 rings (SSSR count). The first kappa shape index (κ1) is 18.7. The molecule has 0 bridgehead atoms. The number of fused-ring (bicyclic) bond motifs is 1. The van der Waals surface area contributed by atoms with Crippen LogP contribution >= 0.6 is 11.3 Å². The average Bonchev–Trinajstić information content (AvgIpc) is 3.21. The molecule has 0 atom stereocenters. The summed E-state index contributed by atoms with van der Waals surface area (Å²) in [5.74, 6) is -0.0464. The minimum absolute atomic E-state index is 0.0464. The number of nitrogens with one attached hydrogen (secondary N) is 1. The average molecular weight is 413 g/mol. The van der Waals surface area contributed by atoms with Crippen molar-refractivity contribution in [3.63, 3.8) is 0 Å². The lowest BCUT2D eigenvalue weighted by Gasteiger charge is -2.29. The highest BCUT2D eigenvalue weighted by molar-refractivity contribution is 7.92. The number of rotatable bonds is 4. The molecule has 0 fully saturated rings. The summed E-state index contributed by atoms with van der Waals surface area (Å²) in [6, 6.07) is 16.0. The predicted molar refractivity (Wildman–Crippen MR) is 113 cm³/mol. The third kappa shape index (κ3) is 3.55. The lowest BCUT2D eigenvalue weighted by atomic mass is 10.0. The first-order chi connectivity index (χ1) is 13.5. The highest BCUT2D eigenvalue weighted by Crippen LogP contribution is 2.32. The Balaban J connectivity index is 1.67. The normalized spacial score (nSPS) is 13.8. The third-order valence-corrected chi connectivity index (χ3v) is 7.22. The number of anilines is 2. The molecule has 1 aliphatic heterocycles. The second kappa shape index (κ2) is 7.41. The van der Waals surface area contributed by atoms with Gasteiger partial charge in [-0.3, -0.25) is 9.52 Å². The van der Waals surface area contributed by atoms with E-state index in [1.807, 2.05) is 23.6 Å². The van der Waals surface area contributed by atoms with Crippen LogP contribution in [-0.2, 0) is 16.4 Å². The predicted octanol–water partition coefficient (Wildman–Crippen LogP) is 4.45. The first-order valence-electron chi connectivity index (χ1n) is 9.02. The molecule has 0 aliphatic carbocycles. The van der Waals surface area contributed by atoms with Gasteiger partial charge in [-0.15, -0.1) is 11.3 Å². The van der Waals surface area contributed by atoms with Crippen molar-refractivity contribution in [2.45, 2.75) is 24.7 Å². The Morgan fingerprint density at radius 3 is 2.68 bits per heavy atom. The summed E-state index contributed by atoms with van der Waals surface area (Å²) in [5.41, 5.74) is 2.96. The summed E-state index contributed by atoms with van der Waals surface area (Å²) >= 11 is 1.41. The van der Waals surface area contributed by atoms with Crippen LogP contribution in [0.1, 0.15) is 27.2 Å². The van der Waals surface area contributed by atoms with E-state index >= 15 is 0 Å². The number of carbonyl (C=O) groups is 1. The number of carbonyl (C=O) groups excluding carboxylic acids is 1. The molecule has 3 aromatic rings. The molecular weight excluding hydrogens is 392 g/mol. The fraction of sp³-hybridized carbons (Fsp3) is 0.190. The number of sulfonamides is 1. The summed E-state index contributed by atoms with van der Waals surface area (Å²) in [7, 11) is -3.70. The number of nitrogens with zero attached hydrogens (tertiary/aromatic N) is 1. The summed E-state index contributed by atoms with van der Waals surface area (Å²) in [5, 5.41) is 1.88. The zero-order chi connectivity index (χ0) is 19.7. The van der Waals surface area contributed by atoms with Crippen molar-refractivity contribution in [3.05, 3.63) is 76.0 Å². The van der Waals surface area contributed by atoms with Gasteiger partial charge in [-0.05, 0) is 60.5 Å². The molecule has 1 aliphatic rings. The summed E-state index contributed by atoms with van der Waals surface area (Å²) in [6.45, 7) is 2.39. The number of amides is 1. The van der Waals surface area contributed by atoms with Crippen molar-refractivity contribution in [2.75, 3.05) is 16.2 Å². The van der Waals surface area contributed by atoms with Gasteiger partial charge in [0.2, 0.25) is 0 Å². The number of benzene rings is 2. The van der Waals surface area contributed by atoms with Gasteiger partial charge in [-0.1, -0.05) is 30.3 Å². The van der Waals surface area contributed by atoms with Crippen LogP contribution < -0.4 is 9.62 Å². The molecule has 0 spiro atoms. The number of thiophene rings is 1. The fourth-order valence-electron chi connectivity index (χ4n) is 3.45. The quantitative estimate of drug-likeness (QED) is 0.688. The van der Waals surface area contributed by atoms with E-state index in [9.17, 15) is 13.2 Å². The number of aryl methyl sites for hydroxylation is 2. The zero-order valence-electron chi connectivity index (χ0n) is 15.4. The molecule has 2 heterocycles. The minimum Gasteiger partial charge on any atom is -0.307 e. The molecule has 0 saturated carbocycles. The van der Waals surface area contributed by atoms with Gasteiger partial charge in [0.25, 0.3) is 15.9 Å². The van der Waals surface area contributed by atoms with Crippen LogP contribution in [0.5, 0.6) is 0 Å². The van der Waals surface area contributed by atoms with Crippen LogP contribution in [-0.4, -0.2) is 20.9 Å². The Morgan fingerprint density at radius 2 is 1.93 bits per heavy atom. The molecule has 1 aromatic heterocycles. The maximum atomic E-state index is 12.9. The van der Waals surface area contributed by atoms with E-state index in [0.29, 0.717) is 22.7 Å². The van der Waals surface area contributed by atoms with E-state index in [2.05, 4.69) is 4.72 Å². The Morgan fingerprint density at radius 1 is 1.11 bits per heavy atom. The van der Waals surface area contributed by atoms with Gasteiger partial charge in [-0.2, -0.15) is 0 Å². The molecule has 0 radical (unpaired) electrons. The van der Waals surface area contributed by atoms with E-state index in [4.69, 9.17) is 0 Å². The number of hydrogen-bond donors (Lipinski definition) is 1. The van der Waals surface area contributed by atoms with Gasteiger partial charge in [-0.25, -0.2) is 8.42 Å². The molecule has 2 aromatic carbocycles. The zero-order valence-corrected chi connectivity index (χ0v) is 17.0. The Hall–Kier alpha value is -2.64. The van der Waals surface area contributed by atoms with Crippen molar-refractivity contribution in [1.82, 2.24) is 0 Å². The third-order valence-electron chi connectivity index (χ3n) is 4.82. The van der Waals surface area contributed by atoms with Gasteiger partial charge in [0, 0.05) is 12.2 Å². The molecule has 0 unspecified atom stereocenters. The van der Waals surface area contributed by atoms with E-state index in [1.165, 1.54) is 11.3 Å². The second-order valence-corrected chi connectivity index (χ2v) is 9.35. The molecule has 7 heteroatoms. The lowest BCUT2D eigenvalue weighted by Crippen LogP contribution is -2.35. The fourth-order valence-corrected chi connectivity index (χ4v) is 5.42. The summed E-state index contributed by atoms with van der Waals surface area (Å²) in [4.78, 5) is 15.6. The van der Waals surface area contributed by atoms with Crippen molar-refractivity contribution in [3.8, 4) is 0 Å². The molecule has 144 valence electrons. The molecule has 1 amide bonds. The van der Waals surface area contributed by atoms with E-state index in [0.717, 1.165) is 24.1 Å². The van der Waals surface area contributed by atoms with Crippen LogP contribution in [0.25, 0.3) is 0 Å². The van der Waals surface area contributed by atoms with Crippen molar-refractivity contribution in [1.29, 1.82) is 0 Å². The Bertz CT molecular complexity index is 1120. The molecule has 5 nitrogen and oxygen atoms in total. The van der Waals surface area contributed by atoms with Gasteiger partial charge in [0.15, 0.2) is 0 Å². The van der Waals surface area contributed by atoms with E-state index in [-0.39, 0.29) is 10.8 Å². The second-order valence-electron chi connectivity index (χ2n) is 6.75. The lowest BCUT2D eigenvalue weighted by molar-refractivity contribution is 0.0989. The maximum Gasteiger partial charge on any atom is 0.268 e. The maximum absolute atomic E-state index is 12.9. The van der Waals surface area contributed by atoms with Crippen LogP contribution in [0.2, 0.25) is 0 Å². The van der Waals surface area contributed by atoms with Gasteiger partial charge < -0.3 is 4.90 Å². The smallest absolute Gasteiger partial charge is 0.268 e. The Kier molecular flexibility index (Phi) is 4.95. The molecule has 28 heavy (non-hydrogen) atoms. The largest absolute Gasteiger partial charge is 0.307 e. The van der Waals surface area contributed by atoms with Gasteiger partial charge in [0.1, 0.15) is 0 Å². The standard InChI is InChI=1S/C21H20N2O3S2/c1-15-6-2-3-9-20(15)28(25,26)22-17-11-10-16-7-4-12-23(18(16)14-17)21(24)19-8-5-13-27-19/h2-3,5-6,8-11,13-14,22H,4,7,12H2,1H3. The highest BCUT2D eigenvalue weighted by atomic mass is 32.2. The van der Waals surface area contributed by atoms with Crippen LogP contribution in [0.15, 0.2) is 64.9 Å². The van der Waals surface area contributed by atoms with Crippen molar-refractivity contribution < 1.29 is 13.2 Å². The summed E-state index contributed by atoms with van der Waals surface area (Å²) < 4.78 is 28.3. The van der Waals surface area contributed by atoms with Crippen molar-refractivity contribution >= 4 is 38.6 Å². The molecule has 0 saturated heterocycles. The van der Waals surface area contributed by atoms with Crippen LogP contribution in [0.4, 0.5) is 11.4 Å². The van der Waals surface area contributed by atoms with Crippen molar-refractivity contribution in [2.24, 2.45) is 0 Å². The summed E-state index contributed by atoms with van der Waals surface area (Å²) in [6.07, 6.45) is 1.76. The van der Waals surface area contributed by atoms with Gasteiger partial charge >= 0.3 is 0 Å². The SMILES string of the molecule is Cc1ccccc1S(=O)(=O)Nc1ccc2c(c1)N(C(=O)c1cccs1)CCC2. The molecule has 1 N–H and O–H groups in total. The topological polar surface area (TPSA) is 66.5 Å². The Labute approximate surface area is 168 Å². The minimum atomic E-state index is -3.70. The number of hydrogen-bond acceptors (Lipinski definition) is 4. The monoisotopic (exact) mass is 412 g/mol. The van der Waals surface area contributed by atoms with Crippen LogP contribution in [0, 0.1) is 6.92 Å². The first-order valence-corrected chi connectivity index (χ1v) is 11.4. The van der Waals surface area contributed by atoms with Gasteiger partial charge in [0.05, 0.1) is 15.5 Å². The molecular formula is C21H20N2O3S2. The van der Waals surface area contributed by atoms with Crippen LogP contribution in [0.3, 0.4) is 0 Å². The van der Waals surface area contributed by atoms with E-state index in [1.54, 1.807) is 48.2 Å². The highest BCUT2D eigenvalue weighted by Gasteiger charge is 2.25. The van der Waals surface area contributed by atoms with E-state index < -0.39 is 10.0 Å².